The van der Waals surface area contributed by atoms with Gasteiger partial charge in [-0.1, -0.05) is 20.8 Å². The first-order valence-electron chi connectivity index (χ1n) is 10.1. The van der Waals surface area contributed by atoms with Gasteiger partial charge in [0.1, 0.15) is 12.8 Å². The smallest absolute Gasteiger partial charge is 0.405 e. The topological polar surface area (TPSA) is 152 Å². The van der Waals surface area contributed by atoms with Crippen LogP contribution in [0.1, 0.15) is 39.0 Å². The van der Waals surface area contributed by atoms with E-state index < -0.39 is 50.2 Å². The number of nitrogens with zero attached hydrogens (tertiary/aromatic N) is 2. The van der Waals surface area contributed by atoms with E-state index in [9.17, 15) is 28.2 Å². The Morgan fingerprint density at radius 3 is 2.47 bits per heavy atom. The number of hydrogen-bond acceptors (Lipinski definition) is 8. The van der Waals surface area contributed by atoms with Crippen LogP contribution in [0.2, 0.25) is 0 Å². The molecule has 14 heteroatoms. The van der Waals surface area contributed by atoms with E-state index in [1.165, 1.54) is 32.8 Å². The second-order valence-corrected chi connectivity index (χ2v) is 8.41. The Hall–Kier alpha value is -1.89. The number of aromatic amines is 1. The third-order valence-corrected chi connectivity index (χ3v) is 5.76. The Kier molecular flexibility index (Phi) is 11.4. The number of H-pyrrole nitrogens is 1. The van der Waals surface area contributed by atoms with Crippen molar-refractivity contribution in [3.63, 3.8) is 0 Å². The van der Waals surface area contributed by atoms with E-state index >= 15 is 0 Å². The lowest BCUT2D eigenvalue weighted by atomic mass is 10.3. The number of methoxy groups -OCH3 is 1. The van der Waals surface area contributed by atoms with Crippen LogP contribution in [0.5, 0.6) is 0 Å². The molecule has 0 aliphatic carbocycles. The van der Waals surface area contributed by atoms with E-state index in [1.807, 2.05) is 10.1 Å². The van der Waals surface area contributed by atoms with E-state index in [0.717, 1.165) is 11.7 Å². The summed E-state index contributed by atoms with van der Waals surface area (Å²) in [6.45, 7) is 10.9. The molecule has 0 radical (unpaired) electrons. The van der Waals surface area contributed by atoms with Crippen molar-refractivity contribution >= 4 is 13.7 Å². The zero-order valence-corrected chi connectivity index (χ0v) is 19.8. The minimum atomic E-state index is -4.55. The molecule has 184 valence electrons. The maximum absolute atomic E-state index is 14.0. The van der Waals surface area contributed by atoms with E-state index in [4.69, 9.17) is 4.74 Å². The molecule has 1 unspecified atom stereocenters. The molecule has 2 rings (SSSR count). The minimum Gasteiger partial charge on any atom is -0.468 e. The highest BCUT2D eigenvalue weighted by Gasteiger charge is 2.42. The molecule has 1 aliphatic rings. The van der Waals surface area contributed by atoms with E-state index in [0.29, 0.717) is 0 Å². The van der Waals surface area contributed by atoms with Crippen LogP contribution in [0.4, 0.5) is 4.39 Å². The van der Waals surface area contributed by atoms with Crippen LogP contribution in [0.25, 0.3) is 0 Å². The van der Waals surface area contributed by atoms with Crippen molar-refractivity contribution in [3.8, 4) is 0 Å². The summed E-state index contributed by atoms with van der Waals surface area (Å²) in [6, 6.07) is 0. The van der Waals surface area contributed by atoms with Crippen LogP contribution >= 0.6 is 7.75 Å². The molecule has 0 saturated carbocycles. The van der Waals surface area contributed by atoms with Crippen LogP contribution < -0.4 is 16.3 Å². The minimum absolute atomic E-state index is 0.204. The standard InChI is InChI=1S/C12H17FN3O8P.C6H15N/c1-6-5-16(12(19)15-10(6)18)8-3-7(13)11(23-8)24-25(20,21)14-4-9(17)22-2;1-4-7(5-2)6-3/h5,7-8,11H,3-4H2,1-2H3,(H2,14,20,21)(H,15,18,19);4-6H2,1-3H3/t7-,8+,11+;/m0./s1. The molecule has 32 heavy (non-hydrogen) atoms. The maximum atomic E-state index is 14.0. The zero-order chi connectivity index (χ0) is 24.5. The lowest BCUT2D eigenvalue weighted by Crippen LogP contribution is -2.33. The summed E-state index contributed by atoms with van der Waals surface area (Å²) >= 11 is 0. The lowest BCUT2D eigenvalue weighted by Gasteiger charge is -2.19. The molecule has 0 amide bonds. The van der Waals surface area contributed by atoms with Crippen molar-refractivity contribution in [2.24, 2.45) is 0 Å². The second-order valence-electron chi connectivity index (χ2n) is 6.85. The fourth-order valence-corrected chi connectivity index (χ4v) is 3.62. The Morgan fingerprint density at radius 1 is 1.38 bits per heavy atom. The van der Waals surface area contributed by atoms with Crippen molar-refractivity contribution in [3.05, 3.63) is 32.6 Å². The van der Waals surface area contributed by atoms with E-state index in [-0.39, 0.29) is 12.0 Å². The van der Waals surface area contributed by atoms with Gasteiger partial charge in [-0.15, -0.1) is 0 Å². The molecule has 2 heterocycles. The van der Waals surface area contributed by atoms with Crippen molar-refractivity contribution in [1.29, 1.82) is 0 Å². The summed E-state index contributed by atoms with van der Waals surface area (Å²) in [7, 11) is -3.47. The van der Waals surface area contributed by atoms with Gasteiger partial charge in [-0.3, -0.25) is 23.7 Å². The van der Waals surface area contributed by atoms with Gasteiger partial charge in [0.25, 0.3) is 5.56 Å². The molecule has 1 aromatic rings. The number of carbonyl (C=O) groups is 1. The highest BCUT2D eigenvalue weighted by Crippen LogP contribution is 2.43. The molecule has 12 nitrogen and oxygen atoms in total. The Balaban J connectivity index is 0.000000633. The van der Waals surface area contributed by atoms with Gasteiger partial charge in [0, 0.05) is 18.2 Å². The molecule has 1 aromatic heterocycles. The van der Waals surface area contributed by atoms with Crippen LogP contribution in [0.3, 0.4) is 0 Å². The number of carbonyl (C=O) groups excluding carboxylic acids is 1. The number of aryl methyl sites for hydroxylation is 1. The lowest BCUT2D eigenvalue weighted by molar-refractivity contribution is -0.139. The number of ether oxygens (including phenoxy) is 2. The van der Waals surface area contributed by atoms with Gasteiger partial charge >= 0.3 is 19.4 Å². The average molecular weight is 482 g/mol. The zero-order valence-electron chi connectivity index (χ0n) is 18.9. The number of aromatic nitrogens is 2. The molecule has 4 atom stereocenters. The summed E-state index contributed by atoms with van der Waals surface area (Å²) in [5, 5.41) is 1.89. The predicted octanol–water partition coefficient (Wildman–Crippen LogP) is 0.656. The van der Waals surface area contributed by atoms with Crippen LogP contribution in [-0.2, 0) is 23.4 Å². The summed E-state index contributed by atoms with van der Waals surface area (Å²) in [5.74, 6) is -0.824. The molecule has 3 N–H and O–H groups in total. The van der Waals surface area contributed by atoms with Gasteiger partial charge in [-0.2, -0.15) is 0 Å². The van der Waals surface area contributed by atoms with Gasteiger partial charge in [-0.25, -0.2) is 18.8 Å². The number of halogens is 1. The second kappa shape index (κ2) is 13.0. The molecule has 1 saturated heterocycles. The first-order valence-corrected chi connectivity index (χ1v) is 11.7. The molecule has 0 spiro atoms. The molecule has 0 bridgehead atoms. The fraction of sp³-hybridized carbons (Fsp3) is 0.722. The Bertz CT molecular complexity index is 898. The number of hydrogen-bond donors (Lipinski definition) is 3. The number of alkyl halides is 1. The van der Waals surface area contributed by atoms with Crippen LogP contribution in [-0.4, -0.2) is 71.1 Å². The van der Waals surface area contributed by atoms with Crippen molar-refractivity contribution in [2.45, 2.75) is 52.8 Å². The molecular formula is C18H32FN4O8P. The molecule has 0 aromatic carbocycles. The monoisotopic (exact) mass is 482 g/mol. The number of nitrogens with one attached hydrogen (secondary N) is 2. The largest absolute Gasteiger partial charge is 0.468 e. The first-order chi connectivity index (χ1) is 15.0. The quantitative estimate of drug-likeness (QED) is 0.338. The van der Waals surface area contributed by atoms with E-state index in [2.05, 4.69) is 34.9 Å². The number of rotatable bonds is 9. The Morgan fingerprint density at radius 2 is 1.97 bits per heavy atom. The normalized spacial score (nSPS) is 22.2. The third-order valence-electron chi connectivity index (χ3n) is 4.71. The van der Waals surface area contributed by atoms with Gasteiger partial charge in [0.2, 0.25) is 6.29 Å². The molecule has 1 aliphatic heterocycles. The Labute approximate surface area is 185 Å². The summed E-state index contributed by atoms with van der Waals surface area (Å²) in [5.41, 5.74) is -1.20. The molecular weight excluding hydrogens is 450 g/mol. The predicted molar refractivity (Wildman–Crippen MR) is 114 cm³/mol. The van der Waals surface area contributed by atoms with Gasteiger partial charge in [0.05, 0.1) is 7.11 Å². The van der Waals surface area contributed by atoms with Gasteiger partial charge in [-0.05, 0) is 26.6 Å². The van der Waals surface area contributed by atoms with Gasteiger partial charge < -0.3 is 19.3 Å². The summed E-state index contributed by atoms with van der Waals surface area (Å²) in [6.07, 6.45) is -3.85. The summed E-state index contributed by atoms with van der Waals surface area (Å²) < 4.78 is 40.9. The third kappa shape index (κ3) is 8.57. The maximum Gasteiger partial charge on any atom is 0.405 e. The highest BCUT2D eigenvalue weighted by atomic mass is 31.2. The summed E-state index contributed by atoms with van der Waals surface area (Å²) in [4.78, 5) is 48.1. The van der Waals surface area contributed by atoms with Crippen molar-refractivity contribution in [2.75, 3.05) is 33.3 Å². The highest BCUT2D eigenvalue weighted by molar-refractivity contribution is 7.50. The van der Waals surface area contributed by atoms with Gasteiger partial charge in [0.15, 0.2) is 6.17 Å². The fourth-order valence-electron chi connectivity index (χ4n) is 2.75. The van der Waals surface area contributed by atoms with E-state index in [1.54, 1.807) is 0 Å². The van der Waals surface area contributed by atoms with Crippen molar-refractivity contribution in [1.82, 2.24) is 19.5 Å². The first kappa shape index (κ1) is 28.1. The van der Waals surface area contributed by atoms with Crippen molar-refractivity contribution < 1.29 is 32.6 Å². The van der Waals surface area contributed by atoms with Crippen LogP contribution in [0, 0.1) is 6.92 Å². The number of esters is 1. The van der Waals surface area contributed by atoms with Crippen LogP contribution in [0.15, 0.2) is 15.8 Å². The molecule has 1 fully saturated rings. The SMILES string of the molecule is CCN(CC)CC.COC(=O)CNP(=O)(O)O[C@H]1O[C@@H](n2cc(C)c(=O)[nH]c2=O)C[C@@H]1F. The average Bonchev–Trinajstić information content (AvgIpc) is 3.10.